The minimum absolute atomic E-state index is 0.157. The van der Waals surface area contributed by atoms with Gasteiger partial charge in [0.15, 0.2) is 0 Å². The molecule has 3 nitrogen and oxygen atoms in total. The Morgan fingerprint density at radius 2 is 2.25 bits per heavy atom. The Morgan fingerprint density at radius 3 is 2.42 bits per heavy atom. The van der Waals surface area contributed by atoms with Crippen molar-refractivity contribution in [3.63, 3.8) is 0 Å². The van der Waals surface area contributed by atoms with E-state index in [-0.39, 0.29) is 6.04 Å². The van der Waals surface area contributed by atoms with Crippen molar-refractivity contribution in [1.29, 1.82) is 0 Å². The zero-order valence-electron chi connectivity index (χ0n) is 7.94. The Kier molecular flexibility index (Phi) is 2.01. The summed E-state index contributed by atoms with van der Waals surface area (Å²) in [4.78, 5) is 0. The van der Waals surface area contributed by atoms with Crippen LogP contribution in [0.25, 0.3) is 0 Å². The fraction of sp³-hybridized carbons (Fsp3) is 0.750. The van der Waals surface area contributed by atoms with Crippen LogP contribution in [0.3, 0.4) is 0 Å². The lowest BCUT2D eigenvalue weighted by Gasteiger charge is -2.61. The molecule has 12 heavy (non-hydrogen) atoms. The van der Waals surface area contributed by atoms with Gasteiger partial charge in [-0.05, 0) is 13.8 Å². The maximum Gasteiger partial charge on any atom is 0.111 e. The van der Waals surface area contributed by atoms with Gasteiger partial charge in [-0.15, -0.1) is 0 Å². The average Bonchev–Trinajstić information content (AvgIpc) is 1.85. The van der Waals surface area contributed by atoms with E-state index in [1.807, 2.05) is 20.8 Å². The lowest BCUT2D eigenvalue weighted by atomic mass is 9.59. The molecule has 66 valence electrons. The van der Waals surface area contributed by atoms with E-state index >= 15 is 0 Å². The van der Waals surface area contributed by atoms with Crippen molar-refractivity contribution in [2.45, 2.75) is 37.9 Å². The van der Waals surface area contributed by atoms with E-state index in [0.29, 0.717) is 0 Å². The molecule has 1 heterocycles. The largest absolute Gasteiger partial charge is 0.369 e. The summed E-state index contributed by atoms with van der Waals surface area (Å²) in [5.74, 6) is 0. The van der Waals surface area contributed by atoms with Gasteiger partial charge in [0.05, 0.1) is 0 Å². The molecule has 0 amide bonds. The molecular weight excluding hydrogens is 149 g/mol. The van der Waals surface area contributed by atoms with Crippen molar-refractivity contribution < 1.29 is 0 Å². The molecule has 1 aliphatic rings. The van der Waals surface area contributed by atoms with Gasteiger partial charge in [0, 0.05) is 17.2 Å². The summed E-state index contributed by atoms with van der Waals surface area (Å²) in [6.07, 6.45) is 0. The van der Waals surface area contributed by atoms with E-state index in [1.54, 1.807) is 0 Å². The first-order chi connectivity index (χ1) is 5.29. The minimum Gasteiger partial charge on any atom is -0.369 e. The second-order valence-corrected chi connectivity index (χ2v) is 3.84. The fourth-order valence-electron chi connectivity index (χ4n) is 1.65. The van der Waals surface area contributed by atoms with Gasteiger partial charge in [-0.2, -0.15) is 0 Å². The lowest BCUT2D eigenvalue weighted by Crippen LogP contribution is -2.90. The van der Waals surface area contributed by atoms with Gasteiger partial charge in [-0.1, -0.05) is 13.5 Å². The molecule has 2 radical (unpaired) electrons. The molecule has 0 aromatic rings. The van der Waals surface area contributed by atoms with Gasteiger partial charge in [0.25, 0.3) is 0 Å². The normalized spacial score (nSPS) is 46.5. The zero-order chi connectivity index (χ0) is 9.57. The molecule has 0 aliphatic carbocycles. The van der Waals surface area contributed by atoms with Crippen molar-refractivity contribution in [1.82, 2.24) is 10.6 Å². The molecule has 4 N–H and O–H groups in total. The molecule has 3 unspecified atom stereocenters. The first-order valence-electron chi connectivity index (χ1n) is 4.09. The molecule has 0 saturated carbocycles. The summed E-state index contributed by atoms with van der Waals surface area (Å²) < 4.78 is 0. The summed E-state index contributed by atoms with van der Waals surface area (Å²) in [6.45, 7) is 9.47. The second-order valence-electron chi connectivity index (χ2n) is 3.84. The summed E-state index contributed by atoms with van der Waals surface area (Å²) in [7, 11) is 5.90. The third kappa shape index (κ3) is 1.15. The quantitative estimate of drug-likeness (QED) is 0.387. The summed E-state index contributed by atoms with van der Waals surface area (Å²) in [5, 5.41) is 6.22. The lowest BCUT2D eigenvalue weighted by molar-refractivity contribution is 0.0660. The van der Waals surface area contributed by atoms with Crippen LogP contribution in [-0.2, 0) is 0 Å². The molecule has 1 aliphatic heterocycles. The topological polar surface area (TPSA) is 50.1 Å². The van der Waals surface area contributed by atoms with Gasteiger partial charge in [-0.25, -0.2) is 0 Å². The van der Waals surface area contributed by atoms with Crippen LogP contribution in [0, 0.1) is 0 Å². The van der Waals surface area contributed by atoms with Crippen molar-refractivity contribution in [3.05, 3.63) is 12.3 Å². The molecule has 0 bridgehead atoms. The van der Waals surface area contributed by atoms with Gasteiger partial charge in [-0.3, -0.25) is 0 Å². The van der Waals surface area contributed by atoms with Crippen LogP contribution in [0.5, 0.6) is 0 Å². The molecule has 4 heteroatoms. The van der Waals surface area contributed by atoms with Crippen LogP contribution in [0.2, 0.25) is 0 Å². The van der Waals surface area contributed by atoms with E-state index in [4.69, 9.17) is 13.6 Å². The molecule has 1 saturated heterocycles. The Labute approximate surface area is 75.2 Å². The third-order valence-corrected chi connectivity index (χ3v) is 2.48. The molecule has 1 fully saturated rings. The van der Waals surface area contributed by atoms with Crippen LogP contribution >= 0.6 is 0 Å². The number of nitrogens with two attached hydrogens (primary N) is 1. The molecule has 0 spiro atoms. The van der Waals surface area contributed by atoms with Gasteiger partial charge < -0.3 is 16.4 Å². The number of allylic oxidation sites excluding steroid dienone is 1. The zero-order valence-corrected chi connectivity index (χ0v) is 7.94. The molecule has 0 aromatic heterocycles. The fourth-order valence-corrected chi connectivity index (χ4v) is 1.65. The van der Waals surface area contributed by atoms with Crippen LogP contribution in [0.15, 0.2) is 12.3 Å². The number of nitrogens with one attached hydrogen (secondary N) is 2. The van der Waals surface area contributed by atoms with Crippen molar-refractivity contribution in [3.8, 4) is 0 Å². The maximum atomic E-state index is 6.07. The Morgan fingerprint density at radius 1 is 1.75 bits per heavy atom. The minimum atomic E-state index is -0.584. The first kappa shape index (κ1) is 9.61. The molecular formula is C8H16BN3. The number of hydrogen-bond acceptors (Lipinski definition) is 3. The number of hydrogen-bond donors (Lipinski definition) is 3. The highest BCUT2D eigenvalue weighted by Gasteiger charge is 2.55. The van der Waals surface area contributed by atoms with Crippen molar-refractivity contribution >= 4 is 7.85 Å². The number of rotatable bonds is 2. The standard InChI is InChI=1S/C8H16BN3/c1-5(2)11-8(10)6(3)12-7(8,4)9/h6,11-12H,1,10H2,2-4H3. The van der Waals surface area contributed by atoms with E-state index in [0.717, 1.165) is 5.70 Å². The summed E-state index contributed by atoms with van der Waals surface area (Å²) in [5.41, 5.74) is 5.75. The predicted molar refractivity (Wildman–Crippen MR) is 51.6 cm³/mol. The third-order valence-electron chi connectivity index (χ3n) is 2.48. The van der Waals surface area contributed by atoms with E-state index in [1.165, 1.54) is 0 Å². The van der Waals surface area contributed by atoms with Crippen LogP contribution in [0.1, 0.15) is 20.8 Å². The molecule has 3 atom stereocenters. The van der Waals surface area contributed by atoms with Crippen LogP contribution in [0.4, 0.5) is 0 Å². The maximum absolute atomic E-state index is 6.07. The highest BCUT2D eigenvalue weighted by Crippen LogP contribution is 2.29. The predicted octanol–water partition coefficient (Wildman–Crippen LogP) is -0.359. The highest BCUT2D eigenvalue weighted by molar-refractivity contribution is 6.17. The van der Waals surface area contributed by atoms with Crippen LogP contribution < -0.4 is 16.4 Å². The van der Waals surface area contributed by atoms with Gasteiger partial charge in [0.1, 0.15) is 13.5 Å². The Bertz CT molecular complexity index is 214. The Balaban J connectivity index is 2.75. The van der Waals surface area contributed by atoms with Gasteiger partial charge >= 0.3 is 0 Å². The average molecular weight is 165 g/mol. The van der Waals surface area contributed by atoms with E-state index < -0.39 is 11.1 Å². The smallest absolute Gasteiger partial charge is 0.111 e. The van der Waals surface area contributed by atoms with Gasteiger partial charge in [0.2, 0.25) is 0 Å². The molecule has 1 rings (SSSR count). The monoisotopic (exact) mass is 165 g/mol. The summed E-state index contributed by atoms with van der Waals surface area (Å²) in [6, 6.07) is 0.157. The van der Waals surface area contributed by atoms with E-state index in [9.17, 15) is 0 Å². The Hall–Kier alpha value is -0.475. The van der Waals surface area contributed by atoms with Crippen molar-refractivity contribution in [2.24, 2.45) is 5.73 Å². The van der Waals surface area contributed by atoms with E-state index in [2.05, 4.69) is 17.2 Å². The first-order valence-corrected chi connectivity index (χ1v) is 4.09. The summed E-state index contributed by atoms with van der Waals surface area (Å²) >= 11 is 0. The van der Waals surface area contributed by atoms with Crippen LogP contribution in [-0.4, -0.2) is 25.0 Å². The van der Waals surface area contributed by atoms with Crippen molar-refractivity contribution in [2.75, 3.05) is 0 Å². The molecule has 0 aromatic carbocycles. The highest BCUT2D eigenvalue weighted by atomic mass is 15.3. The SMILES string of the molecule is [B]C1(C)NC(C)C1(N)NC(=C)C. The second kappa shape index (κ2) is 2.50.